The highest BCUT2D eigenvalue weighted by atomic mass is 16.1. The summed E-state index contributed by atoms with van der Waals surface area (Å²) in [6.45, 7) is 2.82. The van der Waals surface area contributed by atoms with Gasteiger partial charge in [0.1, 0.15) is 0 Å². The van der Waals surface area contributed by atoms with E-state index in [4.69, 9.17) is 0 Å². The Morgan fingerprint density at radius 2 is 2.17 bits per heavy atom. The van der Waals surface area contributed by atoms with E-state index >= 15 is 0 Å². The van der Waals surface area contributed by atoms with Gasteiger partial charge in [0.2, 0.25) is 5.91 Å². The highest BCUT2D eigenvalue weighted by Crippen LogP contribution is 2.23. The van der Waals surface area contributed by atoms with E-state index in [-0.39, 0.29) is 5.91 Å². The van der Waals surface area contributed by atoms with E-state index < -0.39 is 0 Å². The summed E-state index contributed by atoms with van der Waals surface area (Å²) < 4.78 is 0. The second kappa shape index (κ2) is 8.42. The van der Waals surface area contributed by atoms with E-state index in [9.17, 15) is 4.79 Å². The van der Waals surface area contributed by atoms with Crippen LogP contribution in [0.3, 0.4) is 0 Å². The summed E-state index contributed by atoms with van der Waals surface area (Å²) in [5, 5.41) is 11.4. The molecule has 1 aromatic rings. The summed E-state index contributed by atoms with van der Waals surface area (Å²) in [6, 6.07) is 4.85. The minimum absolute atomic E-state index is 0.200. The van der Waals surface area contributed by atoms with Crippen molar-refractivity contribution < 1.29 is 4.79 Å². The summed E-state index contributed by atoms with van der Waals surface area (Å²) >= 11 is 0. The maximum absolute atomic E-state index is 12.1. The number of amides is 1. The van der Waals surface area contributed by atoms with Crippen molar-refractivity contribution in [3.8, 4) is 0 Å². The Kier molecular flexibility index (Phi) is 6.01. The third-order valence-electron chi connectivity index (χ3n) is 5.19. The Labute approximate surface area is 144 Å². The van der Waals surface area contributed by atoms with Crippen LogP contribution in [-0.4, -0.2) is 59.8 Å². The number of hydrogen-bond donors (Lipinski definition) is 1. The molecule has 1 aromatic heterocycles. The van der Waals surface area contributed by atoms with Gasteiger partial charge in [-0.15, -0.1) is 5.10 Å². The standard InChI is InChI=1S/C18H29N5O/c1-22(13-10-18(24)20-15-6-2-3-7-15)14-16-8-5-12-23(16)17-9-4-11-19-21-17/h4,9,11,15-16H,2-3,5-8,10,12-14H2,1H3,(H,20,24). The molecule has 1 aliphatic heterocycles. The predicted octanol–water partition coefficient (Wildman–Crippen LogP) is 1.83. The molecule has 0 bridgehead atoms. The van der Waals surface area contributed by atoms with E-state index in [0.29, 0.717) is 18.5 Å². The van der Waals surface area contributed by atoms with Gasteiger partial charge in [0, 0.05) is 44.3 Å². The van der Waals surface area contributed by atoms with Crippen LogP contribution in [0.4, 0.5) is 5.82 Å². The lowest BCUT2D eigenvalue weighted by atomic mass is 10.2. The number of rotatable bonds is 7. The SMILES string of the molecule is CN(CCC(=O)NC1CCCC1)CC1CCCN1c1cccnn1. The summed E-state index contributed by atoms with van der Waals surface area (Å²) in [4.78, 5) is 16.7. The second-order valence-electron chi connectivity index (χ2n) is 7.13. The van der Waals surface area contributed by atoms with Crippen LogP contribution in [0.1, 0.15) is 44.9 Å². The van der Waals surface area contributed by atoms with E-state index in [1.54, 1.807) is 6.20 Å². The molecule has 2 heterocycles. The molecule has 3 rings (SSSR count). The Morgan fingerprint density at radius 1 is 1.33 bits per heavy atom. The van der Waals surface area contributed by atoms with E-state index in [1.807, 2.05) is 12.1 Å². The number of nitrogens with one attached hydrogen (secondary N) is 1. The minimum atomic E-state index is 0.200. The second-order valence-corrected chi connectivity index (χ2v) is 7.13. The number of anilines is 1. The number of nitrogens with zero attached hydrogens (tertiary/aromatic N) is 4. The van der Waals surface area contributed by atoms with Crippen LogP contribution in [-0.2, 0) is 4.79 Å². The molecule has 1 N–H and O–H groups in total. The van der Waals surface area contributed by atoms with Gasteiger partial charge >= 0.3 is 0 Å². The number of hydrogen-bond acceptors (Lipinski definition) is 5. The lowest BCUT2D eigenvalue weighted by molar-refractivity contribution is -0.122. The van der Waals surface area contributed by atoms with Crippen LogP contribution < -0.4 is 10.2 Å². The van der Waals surface area contributed by atoms with Gasteiger partial charge in [0.15, 0.2) is 5.82 Å². The van der Waals surface area contributed by atoms with E-state index in [2.05, 4.69) is 32.4 Å². The Bertz CT molecular complexity index is 517. The van der Waals surface area contributed by atoms with Crippen LogP contribution in [0.15, 0.2) is 18.3 Å². The highest BCUT2D eigenvalue weighted by Gasteiger charge is 2.27. The first kappa shape index (κ1) is 17.1. The van der Waals surface area contributed by atoms with Crippen LogP contribution in [0, 0.1) is 0 Å². The molecule has 6 nitrogen and oxygen atoms in total. The third kappa shape index (κ3) is 4.66. The molecule has 2 fully saturated rings. The van der Waals surface area contributed by atoms with Gasteiger partial charge in [0.05, 0.1) is 0 Å². The maximum Gasteiger partial charge on any atom is 0.221 e. The third-order valence-corrected chi connectivity index (χ3v) is 5.19. The summed E-state index contributed by atoms with van der Waals surface area (Å²) in [7, 11) is 2.11. The first-order valence-corrected chi connectivity index (χ1v) is 9.24. The van der Waals surface area contributed by atoms with Gasteiger partial charge in [-0.05, 0) is 44.9 Å². The first-order valence-electron chi connectivity index (χ1n) is 9.24. The fourth-order valence-electron chi connectivity index (χ4n) is 3.89. The zero-order chi connectivity index (χ0) is 16.8. The Morgan fingerprint density at radius 3 is 2.92 bits per heavy atom. The molecule has 1 saturated carbocycles. The van der Waals surface area contributed by atoms with Gasteiger partial charge in [-0.1, -0.05) is 12.8 Å². The summed E-state index contributed by atoms with van der Waals surface area (Å²) in [6.07, 6.45) is 9.48. The molecule has 0 aromatic carbocycles. The van der Waals surface area contributed by atoms with Crippen LogP contribution in [0.5, 0.6) is 0 Å². The molecule has 132 valence electrons. The van der Waals surface area contributed by atoms with Gasteiger partial charge in [0.25, 0.3) is 0 Å². The van der Waals surface area contributed by atoms with Crippen molar-refractivity contribution in [3.63, 3.8) is 0 Å². The average molecular weight is 331 g/mol. The van der Waals surface area contributed by atoms with Crippen molar-refractivity contribution in [1.29, 1.82) is 0 Å². The molecule has 1 aliphatic carbocycles. The van der Waals surface area contributed by atoms with E-state index in [0.717, 1.165) is 38.3 Å². The predicted molar refractivity (Wildman–Crippen MR) is 94.9 cm³/mol. The number of likely N-dealkylation sites (N-methyl/N-ethyl adjacent to an activating group) is 1. The van der Waals surface area contributed by atoms with E-state index in [1.165, 1.54) is 25.7 Å². The molecular formula is C18H29N5O. The van der Waals surface area contributed by atoms with Gasteiger partial charge < -0.3 is 15.1 Å². The van der Waals surface area contributed by atoms with Crippen LogP contribution >= 0.6 is 0 Å². The molecule has 2 aliphatic rings. The smallest absolute Gasteiger partial charge is 0.221 e. The lowest BCUT2D eigenvalue weighted by Crippen LogP contribution is -2.41. The monoisotopic (exact) mass is 331 g/mol. The van der Waals surface area contributed by atoms with Crippen molar-refractivity contribution in [2.24, 2.45) is 0 Å². The fourth-order valence-corrected chi connectivity index (χ4v) is 3.89. The topological polar surface area (TPSA) is 61.4 Å². The molecule has 1 unspecified atom stereocenters. The van der Waals surface area contributed by atoms with Crippen molar-refractivity contribution in [2.75, 3.05) is 31.6 Å². The van der Waals surface area contributed by atoms with Crippen LogP contribution in [0.25, 0.3) is 0 Å². The Balaban J connectivity index is 1.42. The van der Waals surface area contributed by atoms with Gasteiger partial charge in [-0.25, -0.2) is 0 Å². The minimum Gasteiger partial charge on any atom is -0.353 e. The zero-order valence-corrected chi connectivity index (χ0v) is 14.7. The Hall–Kier alpha value is -1.69. The molecule has 1 saturated heterocycles. The molecule has 1 amide bonds. The van der Waals surface area contributed by atoms with Crippen molar-refractivity contribution in [1.82, 2.24) is 20.4 Å². The van der Waals surface area contributed by atoms with Crippen LogP contribution in [0.2, 0.25) is 0 Å². The molecule has 0 spiro atoms. The number of aromatic nitrogens is 2. The fraction of sp³-hybridized carbons (Fsp3) is 0.722. The average Bonchev–Trinajstić information content (AvgIpc) is 3.26. The quantitative estimate of drug-likeness (QED) is 0.826. The lowest BCUT2D eigenvalue weighted by Gasteiger charge is -2.29. The number of carbonyl (C=O) groups excluding carboxylic acids is 1. The van der Waals surface area contributed by atoms with Crippen molar-refractivity contribution in [3.05, 3.63) is 18.3 Å². The van der Waals surface area contributed by atoms with Gasteiger partial charge in [-0.2, -0.15) is 5.10 Å². The molecular weight excluding hydrogens is 302 g/mol. The van der Waals surface area contributed by atoms with Crippen molar-refractivity contribution >= 4 is 11.7 Å². The summed E-state index contributed by atoms with van der Waals surface area (Å²) in [5.74, 6) is 1.17. The molecule has 6 heteroatoms. The maximum atomic E-state index is 12.1. The largest absolute Gasteiger partial charge is 0.353 e. The molecule has 1 atom stereocenters. The normalized spacial score (nSPS) is 21.6. The molecule has 24 heavy (non-hydrogen) atoms. The highest BCUT2D eigenvalue weighted by molar-refractivity contribution is 5.76. The van der Waals surface area contributed by atoms with Crippen molar-refractivity contribution in [2.45, 2.75) is 57.0 Å². The molecule has 0 radical (unpaired) electrons. The zero-order valence-electron chi connectivity index (χ0n) is 14.7. The first-order chi connectivity index (χ1) is 11.7. The number of carbonyl (C=O) groups is 1. The van der Waals surface area contributed by atoms with Gasteiger partial charge in [-0.3, -0.25) is 4.79 Å². The summed E-state index contributed by atoms with van der Waals surface area (Å²) in [5.41, 5.74) is 0.